The molecule has 1 N–H and O–H groups in total. The highest BCUT2D eigenvalue weighted by Crippen LogP contribution is 2.33. The zero-order valence-corrected chi connectivity index (χ0v) is 12.1. The molecule has 1 heterocycles. The van der Waals surface area contributed by atoms with Crippen LogP contribution in [0.2, 0.25) is 0 Å². The molecule has 0 fully saturated rings. The Morgan fingerprint density at radius 2 is 2.05 bits per heavy atom. The number of aryl methyl sites for hydroxylation is 1. The predicted octanol–water partition coefficient (Wildman–Crippen LogP) is 3.00. The fourth-order valence-electron chi connectivity index (χ4n) is 2.20. The van der Waals surface area contributed by atoms with Crippen LogP contribution < -0.4 is 4.74 Å². The molecule has 1 aromatic carbocycles. The van der Waals surface area contributed by atoms with E-state index in [1.54, 1.807) is 16.8 Å². The van der Waals surface area contributed by atoms with Crippen molar-refractivity contribution in [1.82, 2.24) is 9.78 Å². The SMILES string of the molecule is COc1cnn(C(C)C)c1C(O)c1cc(C)ccc1F. The Labute approximate surface area is 117 Å². The minimum Gasteiger partial charge on any atom is -0.493 e. The third-order valence-corrected chi connectivity index (χ3v) is 3.21. The Morgan fingerprint density at radius 3 is 2.65 bits per heavy atom. The Morgan fingerprint density at radius 1 is 1.35 bits per heavy atom. The second kappa shape index (κ2) is 5.63. The summed E-state index contributed by atoms with van der Waals surface area (Å²) in [6.45, 7) is 5.73. The highest BCUT2D eigenvalue weighted by molar-refractivity contribution is 5.37. The topological polar surface area (TPSA) is 47.3 Å². The van der Waals surface area contributed by atoms with Gasteiger partial charge in [-0.15, -0.1) is 0 Å². The summed E-state index contributed by atoms with van der Waals surface area (Å²) in [6, 6.07) is 4.70. The minimum atomic E-state index is -1.12. The van der Waals surface area contributed by atoms with Crippen molar-refractivity contribution in [3.05, 3.63) is 47.0 Å². The van der Waals surface area contributed by atoms with E-state index in [4.69, 9.17) is 4.74 Å². The number of ether oxygens (including phenoxy) is 1. The standard InChI is InChI=1S/C15H19FN2O2/c1-9(2)18-14(13(20-4)8-17-18)15(19)11-7-10(3)5-6-12(11)16/h5-9,15,19H,1-4H3. The maximum Gasteiger partial charge on any atom is 0.163 e. The number of nitrogens with zero attached hydrogens (tertiary/aromatic N) is 2. The second-order valence-corrected chi connectivity index (χ2v) is 5.06. The van der Waals surface area contributed by atoms with Gasteiger partial charge in [-0.1, -0.05) is 17.7 Å². The molecule has 0 aliphatic carbocycles. The summed E-state index contributed by atoms with van der Waals surface area (Å²) in [4.78, 5) is 0. The molecule has 4 nitrogen and oxygen atoms in total. The van der Waals surface area contributed by atoms with Crippen LogP contribution in [-0.2, 0) is 0 Å². The number of halogens is 1. The molecular weight excluding hydrogens is 259 g/mol. The maximum atomic E-state index is 13.9. The molecule has 0 spiro atoms. The van der Waals surface area contributed by atoms with Gasteiger partial charge in [-0.2, -0.15) is 5.10 Å². The van der Waals surface area contributed by atoms with Crippen LogP contribution >= 0.6 is 0 Å². The molecule has 5 heteroatoms. The molecule has 2 aromatic rings. The lowest BCUT2D eigenvalue weighted by atomic mass is 10.0. The molecule has 0 saturated carbocycles. The number of hydrogen-bond acceptors (Lipinski definition) is 3. The maximum absolute atomic E-state index is 13.9. The summed E-state index contributed by atoms with van der Waals surface area (Å²) in [5.41, 5.74) is 1.58. The average molecular weight is 278 g/mol. The lowest BCUT2D eigenvalue weighted by Gasteiger charge is -2.18. The molecule has 2 rings (SSSR count). The molecule has 20 heavy (non-hydrogen) atoms. The van der Waals surface area contributed by atoms with Crippen LogP contribution in [0.25, 0.3) is 0 Å². The van der Waals surface area contributed by atoms with E-state index in [9.17, 15) is 9.50 Å². The molecule has 1 unspecified atom stereocenters. The van der Waals surface area contributed by atoms with Crippen molar-refractivity contribution in [3.8, 4) is 5.75 Å². The van der Waals surface area contributed by atoms with Gasteiger partial charge in [0.2, 0.25) is 0 Å². The third-order valence-electron chi connectivity index (χ3n) is 3.21. The molecule has 0 amide bonds. The van der Waals surface area contributed by atoms with Gasteiger partial charge < -0.3 is 9.84 Å². The van der Waals surface area contributed by atoms with Crippen molar-refractivity contribution in [2.24, 2.45) is 0 Å². The zero-order chi connectivity index (χ0) is 14.9. The van der Waals surface area contributed by atoms with Crippen molar-refractivity contribution in [3.63, 3.8) is 0 Å². The van der Waals surface area contributed by atoms with Crippen molar-refractivity contribution >= 4 is 0 Å². The van der Waals surface area contributed by atoms with Crippen LogP contribution in [0.4, 0.5) is 4.39 Å². The van der Waals surface area contributed by atoms with Crippen LogP contribution in [0.1, 0.15) is 42.8 Å². The fourth-order valence-corrected chi connectivity index (χ4v) is 2.20. The van der Waals surface area contributed by atoms with Gasteiger partial charge in [-0.3, -0.25) is 4.68 Å². The summed E-state index contributed by atoms with van der Waals surface area (Å²) in [7, 11) is 1.50. The molecule has 0 radical (unpaired) electrons. The largest absolute Gasteiger partial charge is 0.493 e. The lowest BCUT2D eigenvalue weighted by Crippen LogP contribution is -2.14. The van der Waals surface area contributed by atoms with Crippen LogP contribution in [0.3, 0.4) is 0 Å². The van der Waals surface area contributed by atoms with Crippen LogP contribution in [0.15, 0.2) is 24.4 Å². The minimum absolute atomic E-state index is 0.0384. The first kappa shape index (κ1) is 14.5. The van der Waals surface area contributed by atoms with Gasteiger partial charge in [0.1, 0.15) is 17.6 Å². The number of aromatic nitrogens is 2. The van der Waals surface area contributed by atoms with E-state index in [1.165, 1.54) is 19.4 Å². The van der Waals surface area contributed by atoms with E-state index in [-0.39, 0.29) is 11.6 Å². The number of hydrogen-bond donors (Lipinski definition) is 1. The summed E-state index contributed by atoms with van der Waals surface area (Å²) in [6.07, 6.45) is 0.418. The highest BCUT2D eigenvalue weighted by Gasteiger charge is 2.25. The van der Waals surface area contributed by atoms with Gasteiger partial charge in [0.25, 0.3) is 0 Å². The first-order valence-electron chi connectivity index (χ1n) is 6.51. The third kappa shape index (κ3) is 2.54. The Hall–Kier alpha value is -1.88. The van der Waals surface area contributed by atoms with E-state index in [0.29, 0.717) is 11.4 Å². The summed E-state index contributed by atoms with van der Waals surface area (Å²) < 4.78 is 20.8. The number of rotatable bonds is 4. The van der Waals surface area contributed by atoms with Crippen LogP contribution in [0.5, 0.6) is 5.75 Å². The number of aliphatic hydroxyl groups excluding tert-OH is 1. The normalized spacial score (nSPS) is 12.8. The summed E-state index contributed by atoms with van der Waals surface area (Å²) in [5, 5.41) is 14.7. The molecule has 0 bridgehead atoms. The molecule has 0 saturated heterocycles. The first-order chi connectivity index (χ1) is 9.45. The van der Waals surface area contributed by atoms with Crippen LogP contribution in [-0.4, -0.2) is 22.0 Å². The molecule has 1 aromatic heterocycles. The van der Waals surface area contributed by atoms with Gasteiger partial charge >= 0.3 is 0 Å². The van der Waals surface area contributed by atoms with E-state index in [1.807, 2.05) is 20.8 Å². The van der Waals surface area contributed by atoms with Crippen molar-refractivity contribution in [2.45, 2.75) is 32.9 Å². The second-order valence-electron chi connectivity index (χ2n) is 5.06. The predicted molar refractivity (Wildman–Crippen MR) is 74.4 cm³/mol. The van der Waals surface area contributed by atoms with E-state index in [2.05, 4.69) is 5.10 Å². The number of aliphatic hydroxyl groups is 1. The van der Waals surface area contributed by atoms with E-state index in [0.717, 1.165) is 5.56 Å². The average Bonchev–Trinajstić information content (AvgIpc) is 2.84. The quantitative estimate of drug-likeness (QED) is 0.935. The van der Waals surface area contributed by atoms with E-state index < -0.39 is 11.9 Å². The molecule has 0 aliphatic heterocycles. The van der Waals surface area contributed by atoms with Gasteiger partial charge in [-0.25, -0.2) is 4.39 Å². The monoisotopic (exact) mass is 278 g/mol. The highest BCUT2D eigenvalue weighted by atomic mass is 19.1. The summed E-state index contributed by atoms with van der Waals surface area (Å²) in [5.74, 6) is 0.00812. The Balaban J connectivity index is 2.55. The molecule has 0 aliphatic rings. The zero-order valence-electron chi connectivity index (χ0n) is 12.1. The number of methoxy groups -OCH3 is 1. The smallest absolute Gasteiger partial charge is 0.163 e. The van der Waals surface area contributed by atoms with Crippen molar-refractivity contribution in [1.29, 1.82) is 0 Å². The fraction of sp³-hybridized carbons (Fsp3) is 0.400. The van der Waals surface area contributed by atoms with Crippen molar-refractivity contribution in [2.75, 3.05) is 7.11 Å². The van der Waals surface area contributed by atoms with Gasteiger partial charge in [-0.05, 0) is 26.8 Å². The van der Waals surface area contributed by atoms with E-state index >= 15 is 0 Å². The summed E-state index contributed by atoms with van der Waals surface area (Å²) >= 11 is 0. The molecular formula is C15H19FN2O2. The van der Waals surface area contributed by atoms with Crippen LogP contribution in [0, 0.1) is 12.7 Å². The van der Waals surface area contributed by atoms with Gasteiger partial charge in [0.15, 0.2) is 5.75 Å². The molecule has 108 valence electrons. The lowest BCUT2D eigenvalue weighted by molar-refractivity contribution is 0.195. The van der Waals surface area contributed by atoms with Gasteiger partial charge in [0.05, 0.1) is 13.3 Å². The molecule has 1 atom stereocenters. The van der Waals surface area contributed by atoms with Gasteiger partial charge in [0, 0.05) is 11.6 Å². The van der Waals surface area contributed by atoms with Crippen molar-refractivity contribution < 1.29 is 14.2 Å². The Bertz CT molecular complexity index is 608. The Kier molecular flexibility index (Phi) is 4.09. The first-order valence-corrected chi connectivity index (χ1v) is 6.51. The number of benzene rings is 1.